The zero-order valence-corrected chi connectivity index (χ0v) is 18.1. The second kappa shape index (κ2) is 10.2. The number of carbonyl (C=O) groups is 3. The third kappa shape index (κ3) is 6.44. The summed E-state index contributed by atoms with van der Waals surface area (Å²) in [5.41, 5.74) is 1.87. The molecule has 1 aromatic carbocycles. The molecule has 6 nitrogen and oxygen atoms in total. The highest BCUT2D eigenvalue weighted by Crippen LogP contribution is 2.33. The van der Waals surface area contributed by atoms with E-state index in [0.717, 1.165) is 11.1 Å². The molecule has 0 bridgehead atoms. The van der Waals surface area contributed by atoms with Gasteiger partial charge in [-0.2, -0.15) is 0 Å². The van der Waals surface area contributed by atoms with Gasteiger partial charge in [-0.3, -0.25) is 14.4 Å². The van der Waals surface area contributed by atoms with Crippen molar-refractivity contribution in [3.8, 4) is 0 Å². The Kier molecular flexibility index (Phi) is 8.00. The smallest absolute Gasteiger partial charge is 0.308 e. The predicted octanol–water partition coefficient (Wildman–Crippen LogP) is 3.63. The Morgan fingerprint density at radius 3 is 2.28 bits per heavy atom. The summed E-state index contributed by atoms with van der Waals surface area (Å²) in [5.74, 6) is -0.155. The Morgan fingerprint density at radius 2 is 1.69 bits per heavy atom. The topological polar surface area (TPSA) is 66.9 Å². The molecule has 1 aromatic rings. The fourth-order valence-corrected chi connectivity index (χ4v) is 3.52. The van der Waals surface area contributed by atoms with Crippen molar-refractivity contribution in [3.05, 3.63) is 41.6 Å². The van der Waals surface area contributed by atoms with Crippen molar-refractivity contribution in [1.82, 2.24) is 9.80 Å². The fraction of sp³-hybridized carbons (Fsp3) is 0.522. The zero-order valence-electron chi connectivity index (χ0n) is 18.1. The summed E-state index contributed by atoms with van der Waals surface area (Å²) < 4.78 is 5.30. The van der Waals surface area contributed by atoms with E-state index < -0.39 is 12.0 Å². The summed E-state index contributed by atoms with van der Waals surface area (Å²) in [7, 11) is 0. The quantitative estimate of drug-likeness (QED) is 0.625. The van der Waals surface area contributed by atoms with Crippen LogP contribution >= 0.6 is 0 Å². The standard InChI is InChI=1S/C23H32N2O4/c1-16(2)13-24(14-17(3)4)22(27)15-29-23(28)12-21-20-9-7-6-8-19(20)10-11-25(21)18(5)26/h6-11,16-17,21H,12-15H2,1-5H3. The predicted molar refractivity (Wildman–Crippen MR) is 113 cm³/mol. The van der Waals surface area contributed by atoms with Gasteiger partial charge in [0.05, 0.1) is 12.5 Å². The lowest BCUT2D eigenvalue weighted by atomic mass is 9.94. The SMILES string of the molecule is CC(=O)N1C=Cc2ccccc2C1CC(=O)OCC(=O)N(CC(C)C)CC(C)C. The summed E-state index contributed by atoms with van der Waals surface area (Å²) in [6.07, 6.45) is 3.56. The molecule has 2 amide bonds. The van der Waals surface area contributed by atoms with Crippen LogP contribution in [0.1, 0.15) is 58.2 Å². The van der Waals surface area contributed by atoms with Gasteiger partial charge in [-0.1, -0.05) is 52.0 Å². The number of ether oxygens (including phenoxy) is 1. The molecule has 0 spiro atoms. The maximum absolute atomic E-state index is 12.6. The molecule has 1 unspecified atom stereocenters. The van der Waals surface area contributed by atoms with Crippen LogP contribution < -0.4 is 0 Å². The average molecular weight is 401 g/mol. The van der Waals surface area contributed by atoms with Gasteiger partial charge in [0.15, 0.2) is 6.61 Å². The summed E-state index contributed by atoms with van der Waals surface area (Å²) >= 11 is 0. The van der Waals surface area contributed by atoms with Gasteiger partial charge in [0, 0.05) is 26.2 Å². The van der Waals surface area contributed by atoms with E-state index in [1.807, 2.05) is 30.3 Å². The Labute approximate surface area is 173 Å². The van der Waals surface area contributed by atoms with Crippen molar-refractivity contribution in [2.75, 3.05) is 19.7 Å². The number of rotatable bonds is 8. The number of esters is 1. The van der Waals surface area contributed by atoms with E-state index in [9.17, 15) is 14.4 Å². The summed E-state index contributed by atoms with van der Waals surface area (Å²) in [5, 5.41) is 0. The minimum absolute atomic E-state index is 0.00255. The van der Waals surface area contributed by atoms with Crippen LogP contribution in [-0.2, 0) is 19.1 Å². The van der Waals surface area contributed by atoms with E-state index in [1.165, 1.54) is 11.8 Å². The van der Waals surface area contributed by atoms with Gasteiger partial charge in [-0.15, -0.1) is 0 Å². The van der Waals surface area contributed by atoms with E-state index >= 15 is 0 Å². The maximum atomic E-state index is 12.6. The van der Waals surface area contributed by atoms with Gasteiger partial charge in [0.25, 0.3) is 5.91 Å². The molecule has 2 rings (SSSR count). The van der Waals surface area contributed by atoms with Crippen LogP contribution in [0.2, 0.25) is 0 Å². The number of hydrogen-bond donors (Lipinski definition) is 0. The lowest BCUT2D eigenvalue weighted by Crippen LogP contribution is -2.40. The van der Waals surface area contributed by atoms with Gasteiger partial charge in [-0.05, 0) is 29.0 Å². The monoisotopic (exact) mass is 400 g/mol. The van der Waals surface area contributed by atoms with Crippen LogP contribution in [0, 0.1) is 11.8 Å². The summed E-state index contributed by atoms with van der Waals surface area (Å²) in [6, 6.07) is 7.22. The highest BCUT2D eigenvalue weighted by Gasteiger charge is 2.29. The first-order valence-electron chi connectivity index (χ1n) is 10.2. The normalized spacial score (nSPS) is 15.4. The van der Waals surface area contributed by atoms with Crippen molar-refractivity contribution in [1.29, 1.82) is 0 Å². The molecule has 0 saturated heterocycles. The second-order valence-electron chi connectivity index (χ2n) is 8.34. The van der Waals surface area contributed by atoms with Crippen LogP contribution in [0.25, 0.3) is 6.08 Å². The average Bonchev–Trinajstić information content (AvgIpc) is 2.64. The minimum atomic E-state index is -0.492. The lowest BCUT2D eigenvalue weighted by molar-refractivity contribution is -0.153. The van der Waals surface area contributed by atoms with Crippen LogP contribution in [0.15, 0.2) is 30.5 Å². The molecule has 29 heavy (non-hydrogen) atoms. The van der Waals surface area contributed by atoms with Crippen LogP contribution in [0.4, 0.5) is 0 Å². The largest absolute Gasteiger partial charge is 0.455 e. The number of carbonyl (C=O) groups excluding carboxylic acids is 3. The van der Waals surface area contributed by atoms with E-state index in [-0.39, 0.29) is 24.8 Å². The van der Waals surface area contributed by atoms with E-state index in [1.54, 1.807) is 11.1 Å². The molecule has 0 aliphatic carbocycles. The molecule has 1 atom stereocenters. The molecule has 158 valence electrons. The molecule has 6 heteroatoms. The highest BCUT2D eigenvalue weighted by molar-refractivity contribution is 5.82. The first-order valence-corrected chi connectivity index (χ1v) is 10.2. The first-order chi connectivity index (χ1) is 13.7. The number of amides is 2. The van der Waals surface area contributed by atoms with Crippen LogP contribution in [-0.4, -0.2) is 47.3 Å². The van der Waals surface area contributed by atoms with Gasteiger partial charge in [0.1, 0.15) is 0 Å². The number of benzene rings is 1. The number of fused-ring (bicyclic) bond motifs is 1. The Balaban J connectivity index is 2.02. The fourth-order valence-electron chi connectivity index (χ4n) is 3.52. The van der Waals surface area contributed by atoms with Gasteiger partial charge < -0.3 is 14.5 Å². The molecule has 1 heterocycles. The van der Waals surface area contributed by atoms with Crippen LogP contribution in [0.3, 0.4) is 0 Å². The minimum Gasteiger partial charge on any atom is -0.455 e. The number of nitrogens with zero attached hydrogens (tertiary/aromatic N) is 2. The van der Waals surface area contributed by atoms with Crippen LogP contribution in [0.5, 0.6) is 0 Å². The van der Waals surface area contributed by atoms with Gasteiger partial charge in [0.2, 0.25) is 5.91 Å². The van der Waals surface area contributed by atoms with Crippen molar-refractivity contribution in [2.45, 2.75) is 47.1 Å². The molecular formula is C23H32N2O4. The molecule has 0 N–H and O–H groups in total. The molecular weight excluding hydrogens is 368 g/mol. The summed E-state index contributed by atoms with van der Waals surface area (Å²) in [6.45, 7) is 10.7. The van der Waals surface area contributed by atoms with Crippen molar-refractivity contribution >= 4 is 23.9 Å². The Hall–Kier alpha value is -2.63. The molecule has 0 aromatic heterocycles. The van der Waals surface area contributed by atoms with Crippen molar-refractivity contribution in [3.63, 3.8) is 0 Å². The van der Waals surface area contributed by atoms with Gasteiger partial charge in [-0.25, -0.2) is 0 Å². The van der Waals surface area contributed by atoms with Crippen molar-refractivity contribution in [2.24, 2.45) is 11.8 Å². The molecule has 1 aliphatic heterocycles. The lowest BCUT2D eigenvalue weighted by Gasteiger charge is -2.32. The summed E-state index contributed by atoms with van der Waals surface area (Å²) in [4.78, 5) is 40.4. The second-order valence-corrected chi connectivity index (χ2v) is 8.34. The van der Waals surface area contributed by atoms with E-state index in [2.05, 4.69) is 27.7 Å². The molecule has 0 radical (unpaired) electrons. The third-order valence-electron chi connectivity index (χ3n) is 4.71. The molecule has 1 aliphatic rings. The first kappa shape index (κ1) is 22.7. The maximum Gasteiger partial charge on any atom is 0.308 e. The zero-order chi connectivity index (χ0) is 21.6. The molecule has 0 fully saturated rings. The number of hydrogen-bond acceptors (Lipinski definition) is 4. The third-order valence-corrected chi connectivity index (χ3v) is 4.71. The highest BCUT2D eigenvalue weighted by atomic mass is 16.5. The Morgan fingerprint density at radius 1 is 1.07 bits per heavy atom. The van der Waals surface area contributed by atoms with E-state index in [0.29, 0.717) is 24.9 Å². The van der Waals surface area contributed by atoms with E-state index in [4.69, 9.17) is 4.74 Å². The molecule has 0 saturated carbocycles. The van der Waals surface area contributed by atoms with Crippen molar-refractivity contribution < 1.29 is 19.1 Å². The Bertz CT molecular complexity index is 760. The van der Waals surface area contributed by atoms with Gasteiger partial charge >= 0.3 is 5.97 Å².